The lowest BCUT2D eigenvalue weighted by atomic mass is 9.89. The number of Topliss-reactive ketones (excluding diaryl/α,β-unsaturated/α-hetero) is 1. The van der Waals surface area contributed by atoms with Crippen LogP contribution in [-0.2, 0) is 12.8 Å². The van der Waals surface area contributed by atoms with Crippen molar-refractivity contribution in [1.82, 2.24) is 4.90 Å². The van der Waals surface area contributed by atoms with E-state index in [1.807, 2.05) is 23.1 Å². The van der Waals surface area contributed by atoms with Gasteiger partial charge in [-0.2, -0.15) is 0 Å². The van der Waals surface area contributed by atoms with Crippen LogP contribution in [0.25, 0.3) is 0 Å². The molecule has 0 bridgehead atoms. The second-order valence-electron chi connectivity index (χ2n) is 8.88. The zero-order valence-electron chi connectivity index (χ0n) is 18.8. The highest BCUT2D eigenvalue weighted by Gasteiger charge is 2.29. The molecule has 2 aromatic carbocycles. The molecule has 1 saturated heterocycles. The first-order valence-electron chi connectivity index (χ1n) is 11.4. The van der Waals surface area contributed by atoms with Crippen molar-refractivity contribution in [3.63, 3.8) is 0 Å². The van der Waals surface area contributed by atoms with Crippen molar-refractivity contribution in [3.05, 3.63) is 47.0 Å². The van der Waals surface area contributed by atoms with E-state index >= 15 is 0 Å². The van der Waals surface area contributed by atoms with Gasteiger partial charge in [0.15, 0.2) is 5.78 Å². The summed E-state index contributed by atoms with van der Waals surface area (Å²) in [6.45, 7) is 4.50. The largest absolute Gasteiger partial charge is 0.495 e. The number of fused-ring (bicyclic) bond motifs is 2. The average molecular weight is 435 g/mol. The zero-order valence-corrected chi connectivity index (χ0v) is 18.8. The molecule has 0 unspecified atom stereocenters. The maximum atomic E-state index is 13.3. The molecule has 0 radical (unpaired) electrons. The Balaban J connectivity index is 1.42. The highest BCUT2D eigenvalue weighted by molar-refractivity contribution is 6.06. The van der Waals surface area contributed by atoms with Crippen molar-refractivity contribution in [1.29, 1.82) is 0 Å². The van der Waals surface area contributed by atoms with Crippen LogP contribution in [-0.4, -0.2) is 63.6 Å². The van der Waals surface area contributed by atoms with Gasteiger partial charge >= 0.3 is 6.03 Å². The van der Waals surface area contributed by atoms with Crippen LogP contribution < -0.4 is 19.9 Å². The molecular formula is C25H30N4O3. The number of rotatable bonds is 3. The molecule has 2 amide bonds. The fourth-order valence-electron chi connectivity index (χ4n) is 5.05. The lowest BCUT2D eigenvalue weighted by Crippen LogP contribution is -2.44. The van der Waals surface area contributed by atoms with Gasteiger partial charge in [-0.05, 0) is 55.6 Å². The number of carbonyl (C=O) groups excluding carboxylic acids is 2. The molecule has 7 heteroatoms. The third-order valence-electron chi connectivity index (χ3n) is 6.91. The molecule has 0 atom stereocenters. The predicted molar refractivity (Wildman–Crippen MR) is 126 cm³/mol. The standard InChI is InChI=1S/C25H30N4O3/c1-27-11-13-28(14-12-27)22-16-21-17(15-24(22)32-2)9-10-29(21)25(31)26-20-7-3-6-19-18(20)5-4-8-23(19)30/h3,6-7,15-16H,4-5,8-14H2,1-2H3,(H,26,31). The van der Waals surface area contributed by atoms with Crippen molar-refractivity contribution in [3.8, 4) is 5.75 Å². The van der Waals surface area contributed by atoms with E-state index in [9.17, 15) is 9.59 Å². The normalized spacial score (nSPS) is 18.4. The smallest absolute Gasteiger partial charge is 0.326 e. The fourth-order valence-corrected chi connectivity index (χ4v) is 5.05. The molecule has 1 N–H and O–H groups in total. The van der Waals surface area contributed by atoms with E-state index in [1.165, 1.54) is 0 Å². The van der Waals surface area contributed by atoms with E-state index in [1.54, 1.807) is 7.11 Å². The van der Waals surface area contributed by atoms with E-state index in [2.05, 4.69) is 34.3 Å². The van der Waals surface area contributed by atoms with Gasteiger partial charge in [0, 0.05) is 50.4 Å². The summed E-state index contributed by atoms with van der Waals surface area (Å²) in [7, 11) is 3.85. The van der Waals surface area contributed by atoms with Crippen LogP contribution in [0.2, 0.25) is 0 Å². The molecule has 2 aliphatic heterocycles. The summed E-state index contributed by atoms with van der Waals surface area (Å²) in [6, 6.07) is 9.66. The summed E-state index contributed by atoms with van der Waals surface area (Å²) in [6.07, 6.45) is 3.03. The second kappa shape index (κ2) is 8.47. The number of urea groups is 1. The number of methoxy groups -OCH3 is 1. The number of amides is 2. The number of anilines is 3. The van der Waals surface area contributed by atoms with Gasteiger partial charge in [-0.25, -0.2) is 4.79 Å². The van der Waals surface area contributed by atoms with Gasteiger partial charge in [0.25, 0.3) is 0 Å². The van der Waals surface area contributed by atoms with Crippen molar-refractivity contribution in [2.75, 3.05) is 62.0 Å². The molecule has 2 aromatic rings. The van der Waals surface area contributed by atoms with Gasteiger partial charge in [0.05, 0.1) is 18.5 Å². The topological polar surface area (TPSA) is 65.1 Å². The Morgan fingerprint density at radius 2 is 1.81 bits per heavy atom. The monoisotopic (exact) mass is 434 g/mol. The number of ketones is 1. The molecule has 0 spiro atoms. The van der Waals surface area contributed by atoms with Gasteiger partial charge in [-0.1, -0.05) is 12.1 Å². The van der Waals surface area contributed by atoms with Gasteiger partial charge < -0.3 is 19.9 Å². The van der Waals surface area contributed by atoms with Crippen LogP contribution in [0, 0.1) is 0 Å². The van der Waals surface area contributed by atoms with E-state index in [0.29, 0.717) is 13.0 Å². The maximum absolute atomic E-state index is 13.3. The summed E-state index contributed by atoms with van der Waals surface area (Å²) < 4.78 is 5.71. The minimum atomic E-state index is -0.148. The molecule has 1 fully saturated rings. The first kappa shape index (κ1) is 20.8. The minimum Gasteiger partial charge on any atom is -0.495 e. The first-order valence-corrected chi connectivity index (χ1v) is 11.4. The molecule has 1 aliphatic carbocycles. The zero-order chi connectivity index (χ0) is 22.2. The Hall–Kier alpha value is -3.06. The van der Waals surface area contributed by atoms with Crippen LogP contribution in [0.5, 0.6) is 5.75 Å². The molecule has 168 valence electrons. The highest BCUT2D eigenvalue weighted by Crippen LogP contribution is 2.40. The lowest BCUT2D eigenvalue weighted by molar-refractivity contribution is 0.0972. The number of piperazine rings is 1. The van der Waals surface area contributed by atoms with E-state index in [4.69, 9.17) is 4.74 Å². The third kappa shape index (κ3) is 3.71. The van der Waals surface area contributed by atoms with Gasteiger partial charge in [0.2, 0.25) is 0 Å². The summed E-state index contributed by atoms with van der Waals surface area (Å²) in [5.41, 5.74) is 5.57. The summed E-state index contributed by atoms with van der Waals surface area (Å²) in [4.78, 5) is 32.1. The quantitative estimate of drug-likeness (QED) is 0.800. The number of nitrogens with one attached hydrogen (secondary N) is 1. The average Bonchev–Trinajstić information content (AvgIpc) is 3.22. The number of nitrogens with zero attached hydrogens (tertiary/aromatic N) is 3. The van der Waals surface area contributed by atoms with Crippen LogP contribution in [0.4, 0.5) is 21.9 Å². The first-order chi connectivity index (χ1) is 15.5. The molecule has 32 heavy (non-hydrogen) atoms. The van der Waals surface area contributed by atoms with Gasteiger partial charge in [-0.15, -0.1) is 0 Å². The molecule has 0 aromatic heterocycles. The predicted octanol–water partition coefficient (Wildman–Crippen LogP) is 3.56. The Kier molecular flexibility index (Phi) is 5.51. The van der Waals surface area contributed by atoms with E-state index in [0.717, 1.165) is 84.9 Å². The number of ether oxygens (including phenoxy) is 1. The molecule has 7 nitrogen and oxygen atoms in total. The minimum absolute atomic E-state index is 0.148. The molecule has 5 rings (SSSR count). The Morgan fingerprint density at radius 1 is 1.00 bits per heavy atom. The van der Waals surface area contributed by atoms with Crippen LogP contribution in [0.3, 0.4) is 0 Å². The lowest BCUT2D eigenvalue weighted by Gasteiger charge is -2.35. The van der Waals surface area contributed by atoms with Crippen molar-refractivity contribution in [2.45, 2.75) is 25.7 Å². The Morgan fingerprint density at radius 3 is 2.59 bits per heavy atom. The van der Waals surface area contributed by atoms with Crippen LogP contribution >= 0.6 is 0 Å². The fraction of sp³-hybridized carbons (Fsp3) is 0.440. The second-order valence-corrected chi connectivity index (χ2v) is 8.88. The highest BCUT2D eigenvalue weighted by atomic mass is 16.5. The summed E-state index contributed by atoms with van der Waals surface area (Å²) >= 11 is 0. The van der Waals surface area contributed by atoms with Crippen LogP contribution in [0.15, 0.2) is 30.3 Å². The van der Waals surface area contributed by atoms with Crippen LogP contribution in [0.1, 0.15) is 34.3 Å². The summed E-state index contributed by atoms with van der Waals surface area (Å²) in [5.74, 6) is 1.03. The number of hydrogen-bond donors (Lipinski definition) is 1. The van der Waals surface area contributed by atoms with E-state index < -0.39 is 0 Å². The Bertz CT molecular complexity index is 1060. The SMILES string of the molecule is COc1cc2c(cc1N1CCN(C)CC1)N(C(=O)Nc1cccc3c1CCCC3=O)CC2. The number of carbonyl (C=O) groups is 2. The third-order valence-corrected chi connectivity index (χ3v) is 6.91. The number of hydrogen-bond acceptors (Lipinski definition) is 5. The Labute approximate surface area is 188 Å². The van der Waals surface area contributed by atoms with E-state index in [-0.39, 0.29) is 11.8 Å². The van der Waals surface area contributed by atoms with Crippen molar-refractivity contribution in [2.24, 2.45) is 0 Å². The maximum Gasteiger partial charge on any atom is 0.326 e. The van der Waals surface area contributed by atoms with Gasteiger partial charge in [0.1, 0.15) is 5.75 Å². The molecule has 0 saturated carbocycles. The summed E-state index contributed by atoms with van der Waals surface area (Å²) in [5, 5.41) is 3.09. The molecule has 2 heterocycles. The van der Waals surface area contributed by atoms with Crippen molar-refractivity contribution < 1.29 is 14.3 Å². The number of likely N-dealkylation sites (N-methyl/N-ethyl adjacent to an activating group) is 1. The van der Waals surface area contributed by atoms with Gasteiger partial charge in [-0.3, -0.25) is 9.69 Å². The molecular weight excluding hydrogens is 404 g/mol. The number of benzene rings is 2. The molecule has 3 aliphatic rings. The van der Waals surface area contributed by atoms with Crippen molar-refractivity contribution >= 4 is 28.9 Å².